The fourth-order valence-corrected chi connectivity index (χ4v) is 2.35. The first-order chi connectivity index (χ1) is 11.5. The Hall–Kier alpha value is -2.76. The first-order valence-electron chi connectivity index (χ1n) is 7.37. The van der Waals surface area contributed by atoms with E-state index in [1.165, 1.54) is 39.5 Å². The van der Waals surface area contributed by atoms with E-state index in [0.29, 0.717) is 17.2 Å². The van der Waals surface area contributed by atoms with E-state index < -0.39 is 11.7 Å². The van der Waals surface area contributed by atoms with Gasteiger partial charge in [0.2, 0.25) is 5.75 Å². The Kier molecular flexibility index (Phi) is 5.63. The first-order valence-corrected chi connectivity index (χ1v) is 7.37. The quantitative estimate of drug-likeness (QED) is 0.881. The molecular formula is C18H20FNO4. The van der Waals surface area contributed by atoms with Gasteiger partial charge in [-0.3, -0.25) is 4.79 Å². The highest BCUT2D eigenvalue weighted by molar-refractivity contribution is 5.94. The Labute approximate surface area is 140 Å². The fraction of sp³-hybridized carbons (Fsp3) is 0.278. The molecule has 0 spiro atoms. The SMILES string of the molecule is COc1cc(C(C)NC(=O)c2ccccc2F)cc(OC)c1OC. The summed E-state index contributed by atoms with van der Waals surface area (Å²) in [5, 5.41) is 2.76. The summed E-state index contributed by atoms with van der Waals surface area (Å²) < 4.78 is 29.6. The van der Waals surface area contributed by atoms with E-state index in [9.17, 15) is 9.18 Å². The van der Waals surface area contributed by atoms with Gasteiger partial charge in [0.15, 0.2) is 11.5 Å². The Bertz CT molecular complexity index is 708. The minimum atomic E-state index is -0.563. The van der Waals surface area contributed by atoms with Crippen LogP contribution >= 0.6 is 0 Å². The summed E-state index contributed by atoms with van der Waals surface area (Å²) >= 11 is 0. The maximum absolute atomic E-state index is 13.7. The third kappa shape index (κ3) is 3.59. The smallest absolute Gasteiger partial charge is 0.254 e. The van der Waals surface area contributed by atoms with Crippen LogP contribution in [0.15, 0.2) is 36.4 Å². The summed E-state index contributed by atoms with van der Waals surface area (Å²) in [6, 6.07) is 8.94. The van der Waals surface area contributed by atoms with Crippen LogP contribution < -0.4 is 19.5 Å². The van der Waals surface area contributed by atoms with Gasteiger partial charge in [0.25, 0.3) is 5.91 Å². The Morgan fingerprint density at radius 3 is 2.12 bits per heavy atom. The molecule has 1 unspecified atom stereocenters. The van der Waals surface area contributed by atoms with Crippen LogP contribution in [0.2, 0.25) is 0 Å². The van der Waals surface area contributed by atoms with Crippen molar-refractivity contribution in [3.8, 4) is 17.2 Å². The van der Waals surface area contributed by atoms with E-state index in [1.54, 1.807) is 25.1 Å². The molecule has 0 heterocycles. The van der Waals surface area contributed by atoms with Crippen molar-refractivity contribution in [3.63, 3.8) is 0 Å². The number of rotatable bonds is 6. The monoisotopic (exact) mass is 333 g/mol. The lowest BCUT2D eigenvalue weighted by molar-refractivity contribution is 0.0935. The number of carbonyl (C=O) groups is 1. The van der Waals surface area contributed by atoms with Crippen molar-refractivity contribution < 1.29 is 23.4 Å². The minimum Gasteiger partial charge on any atom is -0.493 e. The number of amides is 1. The molecule has 2 aromatic rings. The third-order valence-corrected chi connectivity index (χ3v) is 3.65. The Morgan fingerprint density at radius 2 is 1.62 bits per heavy atom. The number of methoxy groups -OCH3 is 3. The van der Waals surface area contributed by atoms with Crippen molar-refractivity contribution in [1.82, 2.24) is 5.32 Å². The van der Waals surface area contributed by atoms with E-state index in [4.69, 9.17) is 14.2 Å². The molecular weight excluding hydrogens is 313 g/mol. The molecule has 128 valence electrons. The summed E-state index contributed by atoms with van der Waals surface area (Å²) in [5.41, 5.74) is 0.742. The zero-order chi connectivity index (χ0) is 17.7. The lowest BCUT2D eigenvalue weighted by Gasteiger charge is -2.19. The molecule has 0 aliphatic carbocycles. The molecule has 24 heavy (non-hydrogen) atoms. The van der Waals surface area contributed by atoms with Crippen LogP contribution in [0.4, 0.5) is 4.39 Å². The highest BCUT2D eigenvalue weighted by atomic mass is 19.1. The van der Waals surface area contributed by atoms with Crippen molar-refractivity contribution in [2.45, 2.75) is 13.0 Å². The van der Waals surface area contributed by atoms with E-state index in [2.05, 4.69) is 5.32 Å². The second kappa shape index (κ2) is 7.68. The van der Waals surface area contributed by atoms with Crippen molar-refractivity contribution in [3.05, 3.63) is 53.3 Å². The van der Waals surface area contributed by atoms with Gasteiger partial charge in [0.1, 0.15) is 5.82 Å². The van der Waals surface area contributed by atoms with Crippen molar-refractivity contribution in [2.75, 3.05) is 21.3 Å². The summed E-state index contributed by atoms with van der Waals surface area (Å²) in [7, 11) is 4.55. The van der Waals surface area contributed by atoms with Crippen LogP contribution in [0.1, 0.15) is 28.9 Å². The normalized spacial score (nSPS) is 11.5. The summed E-state index contributed by atoms with van der Waals surface area (Å²) in [4.78, 5) is 12.2. The third-order valence-electron chi connectivity index (χ3n) is 3.65. The van der Waals surface area contributed by atoms with Gasteiger partial charge in [-0.25, -0.2) is 4.39 Å². The number of hydrogen-bond donors (Lipinski definition) is 1. The average molecular weight is 333 g/mol. The summed E-state index contributed by atoms with van der Waals surface area (Å²) in [5.74, 6) is 0.385. The second-order valence-corrected chi connectivity index (χ2v) is 5.13. The highest BCUT2D eigenvalue weighted by Crippen LogP contribution is 2.39. The molecule has 6 heteroatoms. The van der Waals surface area contributed by atoms with E-state index in [1.807, 2.05) is 0 Å². The number of benzene rings is 2. The number of halogens is 1. The fourth-order valence-electron chi connectivity index (χ4n) is 2.35. The number of ether oxygens (including phenoxy) is 3. The lowest BCUT2D eigenvalue weighted by atomic mass is 10.1. The molecule has 1 amide bonds. The van der Waals surface area contributed by atoms with Gasteiger partial charge >= 0.3 is 0 Å². The van der Waals surface area contributed by atoms with Gasteiger partial charge in [-0.15, -0.1) is 0 Å². The topological polar surface area (TPSA) is 56.8 Å². The molecule has 0 bridgehead atoms. The van der Waals surface area contributed by atoms with E-state index in [-0.39, 0.29) is 11.6 Å². The highest BCUT2D eigenvalue weighted by Gasteiger charge is 2.19. The minimum absolute atomic E-state index is 0.00297. The maximum atomic E-state index is 13.7. The van der Waals surface area contributed by atoms with Crippen molar-refractivity contribution >= 4 is 5.91 Å². The average Bonchev–Trinajstić information content (AvgIpc) is 2.60. The summed E-state index contributed by atoms with van der Waals surface area (Å²) in [6.07, 6.45) is 0. The van der Waals surface area contributed by atoms with Gasteiger partial charge in [-0.05, 0) is 36.8 Å². The van der Waals surface area contributed by atoms with Gasteiger partial charge < -0.3 is 19.5 Å². The molecule has 0 fully saturated rings. The van der Waals surface area contributed by atoms with Crippen LogP contribution in [-0.2, 0) is 0 Å². The van der Waals surface area contributed by atoms with Crippen LogP contribution in [-0.4, -0.2) is 27.2 Å². The maximum Gasteiger partial charge on any atom is 0.254 e. The first kappa shape index (κ1) is 17.6. The zero-order valence-corrected chi connectivity index (χ0v) is 14.1. The Morgan fingerprint density at radius 1 is 1.04 bits per heavy atom. The number of carbonyl (C=O) groups excluding carboxylic acids is 1. The Balaban J connectivity index is 2.28. The van der Waals surface area contributed by atoms with E-state index >= 15 is 0 Å². The lowest BCUT2D eigenvalue weighted by Crippen LogP contribution is -2.27. The predicted octanol–water partition coefficient (Wildman–Crippen LogP) is 3.34. The van der Waals surface area contributed by atoms with Crippen LogP contribution in [0.5, 0.6) is 17.2 Å². The number of nitrogens with one attached hydrogen (secondary N) is 1. The molecule has 5 nitrogen and oxygen atoms in total. The molecule has 0 aromatic heterocycles. The number of hydrogen-bond acceptors (Lipinski definition) is 4. The van der Waals surface area contributed by atoms with Gasteiger partial charge in [0, 0.05) is 0 Å². The molecule has 2 aromatic carbocycles. The van der Waals surface area contributed by atoms with Crippen LogP contribution in [0, 0.1) is 5.82 Å². The second-order valence-electron chi connectivity index (χ2n) is 5.13. The molecule has 0 saturated carbocycles. The van der Waals surface area contributed by atoms with Crippen molar-refractivity contribution in [1.29, 1.82) is 0 Å². The largest absolute Gasteiger partial charge is 0.493 e. The molecule has 0 saturated heterocycles. The standard InChI is InChI=1S/C18H20FNO4/c1-11(20-18(21)13-7-5-6-8-14(13)19)12-9-15(22-2)17(24-4)16(10-12)23-3/h5-11H,1-4H3,(H,20,21). The molecule has 0 aliphatic rings. The molecule has 1 atom stereocenters. The van der Waals surface area contributed by atoms with Crippen LogP contribution in [0.3, 0.4) is 0 Å². The van der Waals surface area contributed by atoms with Gasteiger partial charge in [-0.1, -0.05) is 12.1 Å². The zero-order valence-electron chi connectivity index (χ0n) is 14.1. The molecule has 2 rings (SSSR count). The van der Waals surface area contributed by atoms with E-state index in [0.717, 1.165) is 5.56 Å². The molecule has 0 radical (unpaired) electrons. The summed E-state index contributed by atoms with van der Waals surface area (Å²) in [6.45, 7) is 1.79. The van der Waals surface area contributed by atoms with Crippen LogP contribution in [0.25, 0.3) is 0 Å². The predicted molar refractivity (Wildman–Crippen MR) is 88.4 cm³/mol. The molecule has 1 N–H and O–H groups in total. The van der Waals surface area contributed by atoms with Gasteiger partial charge in [0.05, 0.1) is 32.9 Å². The van der Waals surface area contributed by atoms with Gasteiger partial charge in [-0.2, -0.15) is 0 Å². The molecule has 0 aliphatic heterocycles. The van der Waals surface area contributed by atoms with Crippen molar-refractivity contribution in [2.24, 2.45) is 0 Å².